The minimum Gasteiger partial charge on any atom is -0.103 e. The minimum absolute atomic E-state index is 0.994. The normalized spacial score (nSPS) is 28.7. The Morgan fingerprint density at radius 1 is 1.13 bits per heavy atom. The number of unbranched alkanes of at least 4 members (excludes halogenated alkanes) is 1. The zero-order valence-electron chi connectivity index (χ0n) is 10.0. The summed E-state index contributed by atoms with van der Waals surface area (Å²) < 4.78 is 0. The van der Waals surface area contributed by atoms with Gasteiger partial charge in [0.1, 0.15) is 0 Å². The average Bonchev–Trinajstić information content (AvgIpc) is 2.87. The first kappa shape index (κ1) is 11.2. The van der Waals surface area contributed by atoms with Crippen LogP contribution in [-0.2, 0) is 0 Å². The van der Waals surface area contributed by atoms with E-state index in [1.54, 1.807) is 0 Å². The molecular weight excluding hydrogens is 180 g/mol. The fraction of sp³-hybridized carbons (Fsp3) is 0.800. The molecule has 0 aromatic rings. The lowest BCUT2D eigenvalue weighted by molar-refractivity contribution is 0.419. The number of hydrogen-bond donors (Lipinski definition) is 0. The van der Waals surface area contributed by atoms with Gasteiger partial charge in [0.15, 0.2) is 0 Å². The largest absolute Gasteiger partial charge is 0.103 e. The highest BCUT2D eigenvalue weighted by Crippen LogP contribution is 2.47. The first-order valence-corrected chi connectivity index (χ1v) is 6.88. The van der Waals surface area contributed by atoms with Crippen molar-refractivity contribution in [3.63, 3.8) is 0 Å². The van der Waals surface area contributed by atoms with Gasteiger partial charge in [-0.05, 0) is 62.7 Å². The van der Waals surface area contributed by atoms with E-state index in [0.717, 1.165) is 11.8 Å². The molecule has 0 amide bonds. The first-order valence-electron chi connectivity index (χ1n) is 6.88. The van der Waals surface area contributed by atoms with Crippen molar-refractivity contribution >= 4 is 0 Å². The summed E-state index contributed by atoms with van der Waals surface area (Å²) in [6, 6.07) is 0. The van der Waals surface area contributed by atoms with Crippen LogP contribution in [0.5, 0.6) is 0 Å². The summed E-state index contributed by atoms with van der Waals surface area (Å²) >= 11 is 0. The van der Waals surface area contributed by atoms with Gasteiger partial charge in [0.25, 0.3) is 0 Å². The molecule has 2 fully saturated rings. The van der Waals surface area contributed by atoms with E-state index in [0.29, 0.717) is 0 Å². The van der Waals surface area contributed by atoms with E-state index >= 15 is 0 Å². The molecular formula is C15H25. The van der Waals surface area contributed by atoms with Crippen LogP contribution in [0.25, 0.3) is 0 Å². The van der Waals surface area contributed by atoms with Gasteiger partial charge in [-0.25, -0.2) is 0 Å². The average molecular weight is 205 g/mol. The lowest BCUT2D eigenvalue weighted by Gasteiger charge is -2.24. The minimum atomic E-state index is 0.994. The van der Waals surface area contributed by atoms with Crippen molar-refractivity contribution in [1.82, 2.24) is 0 Å². The maximum atomic E-state index is 3.81. The second-order valence-corrected chi connectivity index (χ2v) is 5.37. The molecule has 0 nitrogen and oxygen atoms in total. The summed E-state index contributed by atoms with van der Waals surface area (Å²) in [6.45, 7) is 3.81. The molecule has 2 saturated carbocycles. The van der Waals surface area contributed by atoms with Gasteiger partial charge < -0.3 is 0 Å². The van der Waals surface area contributed by atoms with Crippen molar-refractivity contribution in [3.05, 3.63) is 18.6 Å². The summed E-state index contributed by atoms with van der Waals surface area (Å²) in [4.78, 5) is 0. The zero-order chi connectivity index (χ0) is 10.5. The van der Waals surface area contributed by atoms with Gasteiger partial charge in [-0.2, -0.15) is 0 Å². The quantitative estimate of drug-likeness (QED) is 0.442. The van der Waals surface area contributed by atoms with Crippen LogP contribution >= 0.6 is 0 Å². The fourth-order valence-electron chi connectivity index (χ4n) is 3.61. The summed E-state index contributed by atoms with van der Waals surface area (Å²) in [5.74, 6) is 3.99. The van der Waals surface area contributed by atoms with Crippen LogP contribution in [0.2, 0.25) is 0 Å². The Bertz CT molecular complexity index is 188. The van der Waals surface area contributed by atoms with E-state index in [1.165, 1.54) is 64.2 Å². The number of allylic oxidation sites excluding steroid dienone is 1. The molecule has 0 unspecified atom stereocenters. The Morgan fingerprint density at radius 3 is 2.67 bits per heavy atom. The molecule has 1 radical (unpaired) electrons. The standard InChI is InChI=1S/C15H25/c1-2-3-4-8-14-11-7-12-15(14)13-9-5-6-10-13/h2,13-14H,1,3-12H2/t14-/m1/s1. The van der Waals surface area contributed by atoms with Gasteiger partial charge in [-0.1, -0.05) is 25.3 Å². The smallest absolute Gasteiger partial charge is 0.0179 e. The summed E-state index contributed by atoms with van der Waals surface area (Å²) in [6.07, 6.45) is 16.5. The molecule has 85 valence electrons. The highest BCUT2D eigenvalue weighted by molar-refractivity contribution is 5.07. The molecule has 0 saturated heterocycles. The van der Waals surface area contributed by atoms with Crippen molar-refractivity contribution in [1.29, 1.82) is 0 Å². The predicted molar refractivity (Wildman–Crippen MR) is 66.6 cm³/mol. The third-order valence-electron chi connectivity index (χ3n) is 4.38. The highest BCUT2D eigenvalue weighted by Gasteiger charge is 2.34. The second kappa shape index (κ2) is 5.72. The van der Waals surface area contributed by atoms with Crippen LogP contribution in [0.15, 0.2) is 12.7 Å². The zero-order valence-corrected chi connectivity index (χ0v) is 10.0. The molecule has 0 aromatic heterocycles. The summed E-state index contributed by atoms with van der Waals surface area (Å²) in [5.41, 5.74) is 0. The van der Waals surface area contributed by atoms with Gasteiger partial charge in [0, 0.05) is 0 Å². The topological polar surface area (TPSA) is 0 Å². The van der Waals surface area contributed by atoms with Gasteiger partial charge in [-0.15, -0.1) is 6.58 Å². The molecule has 0 aliphatic heterocycles. The SMILES string of the molecule is C=CCCC[C@@H]1CCC[C]1C1CCCC1. The molecule has 0 heteroatoms. The van der Waals surface area contributed by atoms with Crippen molar-refractivity contribution < 1.29 is 0 Å². The van der Waals surface area contributed by atoms with Gasteiger partial charge >= 0.3 is 0 Å². The molecule has 0 N–H and O–H groups in total. The van der Waals surface area contributed by atoms with Crippen molar-refractivity contribution in [2.75, 3.05) is 0 Å². The molecule has 1 atom stereocenters. The van der Waals surface area contributed by atoms with E-state index in [-0.39, 0.29) is 0 Å². The molecule has 2 rings (SSSR count). The Balaban J connectivity index is 1.78. The Labute approximate surface area is 95.1 Å². The summed E-state index contributed by atoms with van der Waals surface area (Å²) in [7, 11) is 0. The van der Waals surface area contributed by atoms with E-state index in [1.807, 2.05) is 5.92 Å². The maximum Gasteiger partial charge on any atom is -0.0179 e. The predicted octanol–water partition coefficient (Wildman–Crippen LogP) is 4.91. The molecule has 0 bridgehead atoms. The Kier molecular flexibility index (Phi) is 4.29. The third kappa shape index (κ3) is 2.86. The van der Waals surface area contributed by atoms with Crippen LogP contribution in [0.3, 0.4) is 0 Å². The first-order chi connectivity index (χ1) is 7.42. The molecule has 0 heterocycles. The van der Waals surface area contributed by atoms with Crippen molar-refractivity contribution in [2.24, 2.45) is 11.8 Å². The third-order valence-corrected chi connectivity index (χ3v) is 4.38. The van der Waals surface area contributed by atoms with Crippen molar-refractivity contribution in [2.45, 2.75) is 64.2 Å². The van der Waals surface area contributed by atoms with Gasteiger partial charge in [0.2, 0.25) is 0 Å². The van der Waals surface area contributed by atoms with Crippen LogP contribution in [0.4, 0.5) is 0 Å². The monoisotopic (exact) mass is 205 g/mol. The fourth-order valence-corrected chi connectivity index (χ4v) is 3.61. The Hall–Kier alpha value is -0.260. The van der Waals surface area contributed by atoms with Gasteiger partial charge in [0.05, 0.1) is 0 Å². The lowest BCUT2D eigenvalue weighted by atomic mass is 9.80. The lowest BCUT2D eigenvalue weighted by Crippen LogP contribution is -2.14. The van der Waals surface area contributed by atoms with Crippen LogP contribution in [-0.4, -0.2) is 0 Å². The molecule has 2 aliphatic rings. The molecule has 0 aromatic carbocycles. The van der Waals surface area contributed by atoms with E-state index in [2.05, 4.69) is 12.7 Å². The van der Waals surface area contributed by atoms with E-state index < -0.39 is 0 Å². The van der Waals surface area contributed by atoms with E-state index in [9.17, 15) is 0 Å². The molecule has 0 spiro atoms. The van der Waals surface area contributed by atoms with E-state index in [4.69, 9.17) is 0 Å². The second-order valence-electron chi connectivity index (χ2n) is 5.37. The number of rotatable bonds is 5. The highest BCUT2D eigenvalue weighted by atomic mass is 14.4. The molecule has 15 heavy (non-hydrogen) atoms. The number of hydrogen-bond acceptors (Lipinski definition) is 0. The maximum absolute atomic E-state index is 3.81. The van der Waals surface area contributed by atoms with Crippen LogP contribution in [0.1, 0.15) is 64.2 Å². The van der Waals surface area contributed by atoms with Crippen LogP contribution < -0.4 is 0 Å². The van der Waals surface area contributed by atoms with Crippen LogP contribution in [0, 0.1) is 17.8 Å². The van der Waals surface area contributed by atoms with Gasteiger partial charge in [-0.3, -0.25) is 0 Å². The Morgan fingerprint density at radius 2 is 1.93 bits per heavy atom. The molecule has 2 aliphatic carbocycles. The summed E-state index contributed by atoms with van der Waals surface area (Å²) in [5, 5.41) is 0. The van der Waals surface area contributed by atoms with Crippen molar-refractivity contribution in [3.8, 4) is 0 Å².